The molecule has 4 rings (SSSR count). The van der Waals surface area contributed by atoms with Gasteiger partial charge in [0.05, 0.1) is 12.1 Å². The summed E-state index contributed by atoms with van der Waals surface area (Å²) < 4.78 is 6.18. The summed E-state index contributed by atoms with van der Waals surface area (Å²) in [5.74, 6) is 2.46. The summed E-state index contributed by atoms with van der Waals surface area (Å²) in [6, 6.07) is 8.01. The van der Waals surface area contributed by atoms with Crippen LogP contribution in [-0.2, 0) is 4.79 Å². The van der Waals surface area contributed by atoms with Crippen LogP contribution in [0.2, 0.25) is 5.02 Å². The van der Waals surface area contributed by atoms with Gasteiger partial charge in [0.25, 0.3) is 0 Å². The van der Waals surface area contributed by atoms with Gasteiger partial charge in [-0.1, -0.05) is 30.7 Å². The number of carbonyl (C=O) groups is 1. The number of nitrogens with one attached hydrogen (secondary N) is 1. The molecule has 32 heavy (non-hydrogen) atoms. The number of benzene rings is 1. The predicted octanol–water partition coefficient (Wildman–Crippen LogP) is 4.20. The van der Waals surface area contributed by atoms with E-state index in [-0.39, 0.29) is 17.8 Å². The fourth-order valence-corrected chi connectivity index (χ4v) is 4.63. The van der Waals surface area contributed by atoms with Crippen LogP contribution in [0.4, 0.5) is 11.6 Å². The number of ketones is 1. The van der Waals surface area contributed by atoms with Crippen molar-refractivity contribution in [1.29, 1.82) is 0 Å². The predicted molar refractivity (Wildman–Crippen MR) is 126 cm³/mol. The topological polar surface area (TPSA) is 87.6 Å². The number of anilines is 2. The van der Waals surface area contributed by atoms with Crippen LogP contribution in [-0.4, -0.2) is 52.2 Å². The molecule has 1 aromatic carbocycles. The largest absolute Gasteiger partial charge is 0.489 e. The first kappa shape index (κ1) is 22.8. The van der Waals surface area contributed by atoms with Crippen LogP contribution in [0.3, 0.4) is 0 Å². The first-order chi connectivity index (χ1) is 15.3. The fraction of sp³-hybridized carbons (Fsp3) is 0.542. The average Bonchev–Trinajstić information content (AvgIpc) is 3.20. The van der Waals surface area contributed by atoms with E-state index in [2.05, 4.69) is 27.1 Å². The molecule has 2 aliphatic rings. The molecule has 2 atom stereocenters. The Kier molecular flexibility index (Phi) is 6.86. The molecule has 1 saturated carbocycles. The van der Waals surface area contributed by atoms with Gasteiger partial charge in [-0.2, -0.15) is 0 Å². The molecule has 1 saturated heterocycles. The maximum Gasteiger partial charge on any atom is 0.153 e. The molecule has 8 heteroatoms. The van der Waals surface area contributed by atoms with Gasteiger partial charge >= 0.3 is 0 Å². The number of halogens is 1. The first-order valence-corrected chi connectivity index (χ1v) is 11.7. The molecule has 0 radical (unpaired) electrons. The molecular formula is C24H31ClN4O3. The van der Waals surface area contributed by atoms with Gasteiger partial charge in [0.15, 0.2) is 11.6 Å². The minimum Gasteiger partial charge on any atom is -0.489 e. The Balaban J connectivity index is 1.34. The highest BCUT2D eigenvalue weighted by atomic mass is 35.5. The monoisotopic (exact) mass is 458 g/mol. The normalized spacial score (nSPS) is 20.5. The molecule has 0 spiro atoms. The number of rotatable bonds is 9. The highest BCUT2D eigenvalue weighted by molar-refractivity contribution is 6.35. The number of hydrogen-bond acceptors (Lipinski definition) is 7. The standard InChI is InChI=1S/C24H31ClN4O3/c1-16(12-17(2)30)18-4-6-19(7-5-18)32-20-8-11-29(13-20)23-21(25)22(27-15-28-23)26-14-24(31)9-3-10-24/h4-7,15-16,20,31H,3,8-14H2,1-2H3,(H,26,27,28)/t16-,20?/m1/s1. The number of Topliss-reactive ketones (excluding diaryl/α,β-unsaturated/α-hetero) is 1. The summed E-state index contributed by atoms with van der Waals surface area (Å²) in [5, 5.41) is 14.0. The Hall–Kier alpha value is -2.38. The number of aliphatic hydroxyl groups is 1. The summed E-state index contributed by atoms with van der Waals surface area (Å²) in [6.45, 7) is 5.60. The molecule has 1 aromatic heterocycles. The zero-order valence-corrected chi connectivity index (χ0v) is 19.4. The van der Waals surface area contributed by atoms with Crippen LogP contribution in [0.5, 0.6) is 5.75 Å². The van der Waals surface area contributed by atoms with Gasteiger partial charge in [0, 0.05) is 25.9 Å². The molecule has 1 aliphatic carbocycles. The Morgan fingerprint density at radius 2 is 2.09 bits per heavy atom. The van der Waals surface area contributed by atoms with Crippen molar-refractivity contribution in [2.75, 3.05) is 29.9 Å². The molecule has 2 heterocycles. The van der Waals surface area contributed by atoms with E-state index < -0.39 is 5.60 Å². The Morgan fingerprint density at radius 1 is 1.34 bits per heavy atom. The van der Waals surface area contributed by atoms with E-state index >= 15 is 0 Å². The van der Waals surface area contributed by atoms with Gasteiger partial charge in [-0.3, -0.25) is 0 Å². The van der Waals surface area contributed by atoms with E-state index in [0.29, 0.717) is 36.2 Å². The van der Waals surface area contributed by atoms with Crippen molar-refractivity contribution in [2.45, 2.75) is 63.6 Å². The average molecular weight is 459 g/mol. The molecule has 2 fully saturated rings. The molecule has 0 bridgehead atoms. The zero-order chi connectivity index (χ0) is 22.7. The second-order valence-electron chi connectivity index (χ2n) is 9.14. The fourth-order valence-electron chi connectivity index (χ4n) is 4.35. The third-order valence-electron chi connectivity index (χ3n) is 6.43. The summed E-state index contributed by atoms with van der Waals surface area (Å²) in [5.41, 5.74) is 0.486. The van der Waals surface area contributed by atoms with E-state index in [1.165, 1.54) is 6.33 Å². The van der Waals surface area contributed by atoms with Crippen molar-refractivity contribution in [3.63, 3.8) is 0 Å². The van der Waals surface area contributed by atoms with E-state index in [4.69, 9.17) is 16.3 Å². The lowest BCUT2D eigenvalue weighted by molar-refractivity contribution is -0.117. The number of ether oxygens (including phenoxy) is 1. The minimum absolute atomic E-state index is 0.0358. The molecule has 2 N–H and O–H groups in total. The van der Waals surface area contributed by atoms with Gasteiger partial charge in [0.1, 0.15) is 29.0 Å². The van der Waals surface area contributed by atoms with Gasteiger partial charge < -0.3 is 24.9 Å². The van der Waals surface area contributed by atoms with Crippen molar-refractivity contribution in [2.24, 2.45) is 0 Å². The molecule has 172 valence electrons. The smallest absolute Gasteiger partial charge is 0.153 e. The van der Waals surface area contributed by atoms with Gasteiger partial charge in [-0.25, -0.2) is 9.97 Å². The maximum absolute atomic E-state index is 11.4. The van der Waals surface area contributed by atoms with Crippen molar-refractivity contribution >= 4 is 29.0 Å². The van der Waals surface area contributed by atoms with Gasteiger partial charge in [-0.15, -0.1) is 0 Å². The number of nitrogens with zero attached hydrogens (tertiary/aromatic N) is 3. The second-order valence-corrected chi connectivity index (χ2v) is 9.52. The second kappa shape index (κ2) is 9.63. The first-order valence-electron chi connectivity index (χ1n) is 11.3. The van der Waals surface area contributed by atoms with E-state index in [0.717, 1.165) is 43.5 Å². The van der Waals surface area contributed by atoms with Crippen LogP contribution in [0, 0.1) is 0 Å². The molecular weight excluding hydrogens is 428 g/mol. The lowest BCUT2D eigenvalue weighted by Crippen LogP contribution is -2.43. The molecule has 1 aliphatic heterocycles. The third-order valence-corrected chi connectivity index (χ3v) is 6.78. The lowest BCUT2D eigenvalue weighted by atomic mass is 9.80. The third kappa shape index (κ3) is 5.33. The number of carbonyl (C=O) groups excluding carboxylic acids is 1. The van der Waals surface area contributed by atoms with Crippen LogP contribution in [0.25, 0.3) is 0 Å². The van der Waals surface area contributed by atoms with Crippen molar-refractivity contribution in [3.8, 4) is 5.75 Å². The van der Waals surface area contributed by atoms with Crippen LogP contribution < -0.4 is 15.0 Å². The molecule has 0 amide bonds. The van der Waals surface area contributed by atoms with E-state index in [1.54, 1.807) is 6.92 Å². The maximum atomic E-state index is 11.4. The van der Waals surface area contributed by atoms with Crippen LogP contribution >= 0.6 is 11.6 Å². The van der Waals surface area contributed by atoms with Gasteiger partial charge in [0.2, 0.25) is 0 Å². The number of aromatic nitrogens is 2. The lowest BCUT2D eigenvalue weighted by Gasteiger charge is -2.36. The Morgan fingerprint density at radius 3 is 2.75 bits per heavy atom. The summed E-state index contributed by atoms with van der Waals surface area (Å²) in [6.07, 6.45) is 5.61. The van der Waals surface area contributed by atoms with Crippen molar-refractivity contribution < 1.29 is 14.6 Å². The Labute approximate surface area is 194 Å². The number of hydrogen-bond donors (Lipinski definition) is 2. The zero-order valence-electron chi connectivity index (χ0n) is 18.7. The highest BCUT2D eigenvalue weighted by Crippen LogP contribution is 2.35. The molecule has 2 aromatic rings. The van der Waals surface area contributed by atoms with E-state index in [9.17, 15) is 9.90 Å². The Bertz CT molecular complexity index is 949. The van der Waals surface area contributed by atoms with Crippen LogP contribution in [0.15, 0.2) is 30.6 Å². The summed E-state index contributed by atoms with van der Waals surface area (Å²) >= 11 is 6.59. The SMILES string of the molecule is CC(=O)C[C@@H](C)c1ccc(OC2CCN(c3ncnc(NCC4(O)CCC4)c3Cl)C2)cc1. The molecule has 7 nitrogen and oxygen atoms in total. The van der Waals surface area contributed by atoms with Crippen LogP contribution in [0.1, 0.15) is 57.4 Å². The summed E-state index contributed by atoms with van der Waals surface area (Å²) in [4.78, 5) is 22.1. The van der Waals surface area contributed by atoms with E-state index in [1.807, 2.05) is 24.3 Å². The quantitative estimate of drug-likeness (QED) is 0.582. The minimum atomic E-state index is -0.652. The highest BCUT2D eigenvalue weighted by Gasteiger charge is 2.34. The summed E-state index contributed by atoms with van der Waals surface area (Å²) in [7, 11) is 0. The van der Waals surface area contributed by atoms with Gasteiger partial charge in [-0.05, 0) is 49.8 Å². The molecule has 1 unspecified atom stereocenters. The van der Waals surface area contributed by atoms with Crippen molar-refractivity contribution in [1.82, 2.24) is 9.97 Å². The van der Waals surface area contributed by atoms with Crippen molar-refractivity contribution in [3.05, 3.63) is 41.2 Å².